The first-order valence-electron chi connectivity index (χ1n) is 9.70. The van der Waals surface area contributed by atoms with E-state index >= 15 is 0 Å². The van der Waals surface area contributed by atoms with Crippen molar-refractivity contribution in [2.75, 3.05) is 38.0 Å². The highest BCUT2D eigenvalue weighted by Gasteiger charge is 2.28. The number of nitro groups is 1. The number of rotatable bonds is 7. The van der Waals surface area contributed by atoms with E-state index in [-0.39, 0.29) is 22.9 Å². The predicted molar refractivity (Wildman–Crippen MR) is 118 cm³/mol. The second-order valence-electron chi connectivity index (χ2n) is 7.20. The molecular weight excluding hydrogens is 444 g/mol. The Morgan fingerprint density at radius 3 is 2.39 bits per heavy atom. The van der Waals surface area contributed by atoms with Crippen molar-refractivity contribution in [3.8, 4) is 0 Å². The zero-order valence-electron chi connectivity index (χ0n) is 17.0. The number of hydrogen-bond acceptors (Lipinski definition) is 6. The number of halogens is 1. The highest BCUT2D eigenvalue weighted by molar-refractivity contribution is 7.89. The third-order valence-corrected chi connectivity index (χ3v) is 7.38. The number of anilines is 1. The van der Waals surface area contributed by atoms with Crippen LogP contribution in [0.4, 0.5) is 11.4 Å². The van der Waals surface area contributed by atoms with Gasteiger partial charge in [0.1, 0.15) is 0 Å². The summed E-state index contributed by atoms with van der Waals surface area (Å²) >= 11 is 5.83. The largest absolute Gasteiger partial charge is 0.326 e. The summed E-state index contributed by atoms with van der Waals surface area (Å²) in [7, 11) is -3.58. The standard InChI is InChI=1S/C20H23ClN4O5S/c1-15-18(3-2-4-19(15)25(27)28)22-20(26)9-10-23-11-13-24(14-12-23)31(29,30)17-7-5-16(21)6-8-17/h2-8H,9-14H2,1H3,(H,22,26). The fourth-order valence-electron chi connectivity index (χ4n) is 3.38. The van der Waals surface area contributed by atoms with Crippen molar-refractivity contribution in [2.24, 2.45) is 0 Å². The molecular formula is C20H23ClN4O5S. The first kappa shape index (κ1) is 23.1. The van der Waals surface area contributed by atoms with Gasteiger partial charge in [0.15, 0.2) is 0 Å². The lowest BCUT2D eigenvalue weighted by Crippen LogP contribution is -2.49. The summed E-state index contributed by atoms with van der Waals surface area (Å²) in [5.74, 6) is -0.250. The SMILES string of the molecule is Cc1c(NC(=O)CCN2CCN(S(=O)(=O)c3ccc(Cl)cc3)CC2)cccc1[N+](=O)[O-]. The van der Waals surface area contributed by atoms with Crippen LogP contribution in [0.5, 0.6) is 0 Å². The van der Waals surface area contributed by atoms with Crippen LogP contribution >= 0.6 is 11.6 Å². The molecule has 1 aliphatic heterocycles. The molecule has 0 aromatic heterocycles. The summed E-state index contributed by atoms with van der Waals surface area (Å²) in [5, 5.41) is 14.2. The van der Waals surface area contributed by atoms with Crippen molar-refractivity contribution in [2.45, 2.75) is 18.2 Å². The Morgan fingerprint density at radius 2 is 1.77 bits per heavy atom. The average Bonchev–Trinajstić information content (AvgIpc) is 2.74. The van der Waals surface area contributed by atoms with E-state index in [0.29, 0.717) is 49.0 Å². The molecule has 3 rings (SSSR count). The fraction of sp³-hybridized carbons (Fsp3) is 0.350. The number of nitrogens with zero attached hydrogens (tertiary/aromatic N) is 3. The van der Waals surface area contributed by atoms with Gasteiger partial charge >= 0.3 is 0 Å². The minimum absolute atomic E-state index is 0.0455. The van der Waals surface area contributed by atoms with Crippen molar-refractivity contribution >= 4 is 38.9 Å². The number of carbonyl (C=O) groups is 1. The first-order chi connectivity index (χ1) is 14.7. The van der Waals surface area contributed by atoms with E-state index < -0.39 is 14.9 Å². The molecule has 1 aliphatic rings. The second kappa shape index (κ2) is 9.73. The van der Waals surface area contributed by atoms with Gasteiger partial charge in [-0.25, -0.2) is 8.42 Å². The molecule has 166 valence electrons. The average molecular weight is 467 g/mol. The number of sulfonamides is 1. The molecule has 2 aromatic carbocycles. The van der Waals surface area contributed by atoms with Crippen LogP contribution in [0.25, 0.3) is 0 Å². The van der Waals surface area contributed by atoms with E-state index in [4.69, 9.17) is 11.6 Å². The number of nitro benzene ring substituents is 1. The third-order valence-electron chi connectivity index (χ3n) is 5.21. The summed E-state index contributed by atoms with van der Waals surface area (Å²) in [5.41, 5.74) is 0.774. The molecule has 0 bridgehead atoms. The van der Waals surface area contributed by atoms with Crippen LogP contribution in [0.2, 0.25) is 5.02 Å². The molecule has 1 heterocycles. The van der Waals surface area contributed by atoms with Gasteiger partial charge in [0.2, 0.25) is 15.9 Å². The molecule has 1 amide bonds. The van der Waals surface area contributed by atoms with Gasteiger partial charge in [-0.15, -0.1) is 0 Å². The Hall–Kier alpha value is -2.53. The van der Waals surface area contributed by atoms with Crippen LogP contribution in [-0.4, -0.2) is 61.2 Å². The maximum atomic E-state index is 12.7. The summed E-state index contributed by atoms with van der Waals surface area (Å²) in [4.78, 5) is 25.1. The smallest absolute Gasteiger partial charge is 0.274 e. The molecule has 0 saturated carbocycles. The topological polar surface area (TPSA) is 113 Å². The molecule has 1 N–H and O–H groups in total. The van der Waals surface area contributed by atoms with Crippen molar-refractivity contribution in [1.29, 1.82) is 0 Å². The lowest BCUT2D eigenvalue weighted by Gasteiger charge is -2.33. The van der Waals surface area contributed by atoms with E-state index in [0.717, 1.165) is 0 Å². The van der Waals surface area contributed by atoms with E-state index in [1.807, 2.05) is 4.90 Å². The highest BCUT2D eigenvalue weighted by atomic mass is 35.5. The maximum absolute atomic E-state index is 12.7. The van der Waals surface area contributed by atoms with Gasteiger partial charge in [-0.05, 0) is 37.3 Å². The van der Waals surface area contributed by atoms with Gasteiger partial charge < -0.3 is 10.2 Å². The van der Waals surface area contributed by atoms with Crippen LogP contribution in [0.3, 0.4) is 0 Å². The number of carbonyl (C=O) groups excluding carboxylic acids is 1. The number of amides is 1. The number of benzene rings is 2. The summed E-state index contributed by atoms with van der Waals surface area (Å²) in [6.07, 6.45) is 0.200. The van der Waals surface area contributed by atoms with Crippen LogP contribution in [0.1, 0.15) is 12.0 Å². The summed E-state index contributed by atoms with van der Waals surface area (Å²) in [6, 6.07) is 10.6. The zero-order valence-corrected chi connectivity index (χ0v) is 18.5. The second-order valence-corrected chi connectivity index (χ2v) is 9.58. The van der Waals surface area contributed by atoms with Gasteiger partial charge in [-0.3, -0.25) is 14.9 Å². The Labute approximate surface area is 185 Å². The maximum Gasteiger partial charge on any atom is 0.274 e. The van der Waals surface area contributed by atoms with Gasteiger partial charge in [-0.2, -0.15) is 4.31 Å². The number of hydrogen-bond donors (Lipinski definition) is 1. The van der Waals surface area contributed by atoms with E-state index in [1.165, 1.54) is 28.6 Å². The lowest BCUT2D eigenvalue weighted by atomic mass is 10.1. The third kappa shape index (κ3) is 5.59. The molecule has 9 nitrogen and oxygen atoms in total. The van der Waals surface area contributed by atoms with Crippen LogP contribution in [0, 0.1) is 17.0 Å². The lowest BCUT2D eigenvalue weighted by molar-refractivity contribution is -0.385. The van der Waals surface area contributed by atoms with Crippen molar-refractivity contribution in [3.63, 3.8) is 0 Å². The van der Waals surface area contributed by atoms with Gasteiger partial charge in [-0.1, -0.05) is 17.7 Å². The van der Waals surface area contributed by atoms with Crippen molar-refractivity contribution in [3.05, 3.63) is 63.2 Å². The van der Waals surface area contributed by atoms with Crippen molar-refractivity contribution in [1.82, 2.24) is 9.21 Å². The minimum atomic E-state index is -3.58. The quantitative estimate of drug-likeness (QED) is 0.496. The Kier molecular flexibility index (Phi) is 7.26. The number of piperazine rings is 1. The van der Waals surface area contributed by atoms with E-state index in [2.05, 4.69) is 5.32 Å². The zero-order chi connectivity index (χ0) is 22.6. The first-order valence-corrected chi connectivity index (χ1v) is 11.5. The van der Waals surface area contributed by atoms with Crippen LogP contribution in [0.15, 0.2) is 47.4 Å². The highest BCUT2D eigenvalue weighted by Crippen LogP contribution is 2.25. The molecule has 1 fully saturated rings. The summed E-state index contributed by atoms with van der Waals surface area (Å²) in [6.45, 7) is 3.74. The molecule has 0 unspecified atom stereocenters. The molecule has 31 heavy (non-hydrogen) atoms. The monoisotopic (exact) mass is 466 g/mol. The molecule has 0 radical (unpaired) electrons. The molecule has 0 spiro atoms. The van der Waals surface area contributed by atoms with Crippen molar-refractivity contribution < 1.29 is 18.1 Å². The molecule has 11 heteroatoms. The number of nitrogens with one attached hydrogen (secondary N) is 1. The van der Waals surface area contributed by atoms with Gasteiger partial charge in [0, 0.05) is 50.2 Å². The van der Waals surface area contributed by atoms with Crippen LogP contribution < -0.4 is 5.32 Å². The molecule has 0 aliphatic carbocycles. The predicted octanol–water partition coefficient (Wildman–Crippen LogP) is 2.89. The minimum Gasteiger partial charge on any atom is -0.326 e. The van der Waals surface area contributed by atoms with Crippen LogP contribution in [-0.2, 0) is 14.8 Å². The van der Waals surface area contributed by atoms with E-state index in [9.17, 15) is 23.3 Å². The normalized spacial score (nSPS) is 15.5. The summed E-state index contributed by atoms with van der Waals surface area (Å²) < 4.78 is 26.9. The van der Waals surface area contributed by atoms with E-state index in [1.54, 1.807) is 25.1 Å². The van der Waals surface area contributed by atoms with Gasteiger partial charge in [0.25, 0.3) is 5.69 Å². The Morgan fingerprint density at radius 1 is 1.13 bits per heavy atom. The molecule has 1 saturated heterocycles. The Balaban J connectivity index is 1.50. The fourth-order valence-corrected chi connectivity index (χ4v) is 4.93. The molecule has 0 atom stereocenters. The molecule has 2 aromatic rings. The van der Waals surface area contributed by atoms with Gasteiger partial charge in [0.05, 0.1) is 21.1 Å². The Bertz CT molecular complexity index is 1070.